The van der Waals surface area contributed by atoms with Gasteiger partial charge in [-0.25, -0.2) is 0 Å². The smallest absolute Gasteiger partial charge is 0.101 e. The van der Waals surface area contributed by atoms with Gasteiger partial charge >= 0.3 is 0 Å². The molecule has 0 aromatic heterocycles. The van der Waals surface area contributed by atoms with Gasteiger partial charge in [-0.2, -0.15) is 0 Å². The van der Waals surface area contributed by atoms with Crippen LogP contribution in [0, 0.1) is 0 Å². The average Bonchev–Trinajstić information content (AvgIpc) is 2.03. The van der Waals surface area contributed by atoms with Crippen molar-refractivity contribution in [1.29, 1.82) is 0 Å². The number of hydrogen-bond donors (Lipinski definition) is 1. The Morgan fingerprint density at radius 1 is 1.40 bits per heavy atom. The van der Waals surface area contributed by atoms with Crippen molar-refractivity contribution in [2.24, 2.45) is 0 Å². The molecule has 0 aromatic carbocycles. The van der Waals surface area contributed by atoms with Crippen LogP contribution in [0.2, 0.25) is 0 Å². The second kappa shape index (κ2) is 4.47. The third-order valence-electron chi connectivity index (χ3n) is 1.90. The molecule has 1 N–H and O–H groups in total. The Balaban J connectivity index is 2.07. The minimum absolute atomic E-state index is 0.937. The quantitative estimate of drug-likeness (QED) is 0.523. The summed E-state index contributed by atoms with van der Waals surface area (Å²) in [5.41, 5.74) is 0. The molecule has 0 unspecified atom stereocenters. The SMILES string of the molecule is C=CCC[NH+]1CCOCC1. The summed E-state index contributed by atoms with van der Waals surface area (Å²) in [5, 5.41) is 0. The third-order valence-corrected chi connectivity index (χ3v) is 1.90. The molecular formula is C8H16NO+. The summed E-state index contributed by atoms with van der Waals surface area (Å²) in [6.45, 7) is 9.15. The maximum atomic E-state index is 5.23. The summed E-state index contributed by atoms with van der Waals surface area (Å²) in [6.07, 6.45) is 3.12. The van der Waals surface area contributed by atoms with Crippen LogP contribution < -0.4 is 4.90 Å². The first-order chi connectivity index (χ1) is 4.93. The molecule has 0 radical (unpaired) electrons. The topological polar surface area (TPSA) is 13.7 Å². The molecular weight excluding hydrogens is 126 g/mol. The van der Waals surface area contributed by atoms with Crippen LogP contribution in [-0.4, -0.2) is 32.8 Å². The fourth-order valence-corrected chi connectivity index (χ4v) is 1.22. The van der Waals surface area contributed by atoms with Gasteiger partial charge in [0.1, 0.15) is 13.1 Å². The summed E-state index contributed by atoms with van der Waals surface area (Å²) in [4.78, 5) is 1.66. The Bertz CT molecular complexity index is 97.4. The van der Waals surface area contributed by atoms with Crippen molar-refractivity contribution >= 4 is 0 Å². The summed E-state index contributed by atoms with van der Waals surface area (Å²) in [5.74, 6) is 0. The standard InChI is InChI=1S/C8H15NO/c1-2-3-4-9-5-7-10-8-6-9/h2H,1,3-8H2/p+1. The molecule has 0 aromatic rings. The van der Waals surface area contributed by atoms with E-state index in [1.807, 2.05) is 6.08 Å². The van der Waals surface area contributed by atoms with Crippen LogP contribution in [0.5, 0.6) is 0 Å². The largest absolute Gasteiger partial charge is 0.370 e. The molecule has 1 rings (SSSR count). The number of quaternary nitrogens is 1. The van der Waals surface area contributed by atoms with Crippen LogP contribution in [0.25, 0.3) is 0 Å². The van der Waals surface area contributed by atoms with Crippen molar-refractivity contribution in [3.05, 3.63) is 12.7 Å². The van der Waals surface area contributed by atoms with E-state index in [4.69, 9.17) is 4.74 Å². The Labute approximate surface area is 62.5 Å². The van der Waals surface area contributed by atoms with E-state index in [9.17, 15) is 0 Å². The molecule has 58 valence electrons. The van der Waals surface area contributed by atoms with Crippen LogP contribution in [0.1, 0.15) is 6.42 Å². The minimum atomic E-state index is 0.937. The van der Waals surface area contributed by atoms with E-state index in [0.717, 1.165) is 19.6 Å². The predicted octanol–water partition coefficient (Wildman–Crippen LogP) is -0.522. The number of hydrogen-bond acceptors (Lipinski definition) is 1. The summed E-state index contributed by atoms with van der Waals surface area (Å²) in [6, 6.07) is 0. The molecule has 2 nitrogen and oxygen atoms in total. The van der Waals surface area contributed by atoms with Crippen LogP contribution >= 0.6 is 0 Å². The molecule has 1 heterocycles. The van der Waals surface area contributed by atoms with E-state index in [0.29, 0.717) is 0 Å². The second-order valence-electron chi connectivity index (χ2n) is 2.69. The zero-order valence-electron chi connectivity index (χ0n) is 6.44. The third kappa shape index (κ3) is 2.50. The Morgan fingerprint density at radius 2 is 2.10 bits per heavy atom. The van der Waals surface area contributed by atoms with Crippen molar-refractivity contribution in [3.8, 4) is 0 Å². The van der Waals surface area contributed by atoms with E-state index < -0.39 is 0 Å². The zero-order valence-corrected chi connectivity index (χ0v) is 6.44. The lowest BCUT2D eigenvalue weighted by Gasteiger charge is -2.22. The fraction of sp³-hybridized carbons (Fsp3) is 0.750. The van der Waals surface area contributed by atoms with Crippen LogP contribution in [0.15, 0.2) is 12.7 Å². The zero-order chi connectivity index (χ0) is 7.23. The highest BCUT2D eigenvalue weighted by Crippen LogP contribution is 1.77. The molecule has 1 aliphatic heterocycles. The summed E-state index contributed by atoms with van der Waals surface area (Å²) >= 11 is 0. The summed E-state index contributed by atoms with van der Waals surface area (Å²) in [7, 11) is 0. The molecule has 0 bridgehead atoms. The van der Waals surface area contributed by atoms with Gasteiger partial charge in [-0.15, -0.1) is 6.58 Å². The van der Waals surface area contributed by atoms with Crippen LogP contribution in [-0.2, 0) is 4.74 Å². The average molecular weight is 142 g/mol. The number of ether oxygens (including phenoxy) is 1. The Morgan fingerprint density at radius 3 is 2.70 bits per heavy atom. The first-order valence-corrected chi connectivity index (χ1v) is 3.95. The molecule has 2 heteroatoms. The highest BCUT2D eigenvalue weighted by Gasteiger charge is 2.11. The highest BCUT2D eigenvalue weighted by atomic mass is 16.5. The molecule has 0 spiro atoms. The highest BCUT2D eigenvalue weighted by molar-refractivity contribution is 4.64. The second-order valence-corrected chi connectivity index (χ2v) is 2.69. The Kier molecular flexibility index (Phi) is 3.47. The molecule has 0 aliphatic carbocycles. The molecule has 0 amide bonds. The monoisotopic (exact) mass is 142 g/mol. The number of morpholine rings is 1. The maximum Gasteiger partial charge on any atom is 0.101 e. The lowest BCUT2D eigenvalue weighted by Crippen LogP contribution is -3.14. The van der Waals surface area contributed by atoms with Crippen molar-refractivity contribution in [1.82, 2.24) is 0 Å². The van der Waals surface area contributed by atoms with E-state index in [2.05, 4.69) is 6.58 Å². The van der Waals surface area contributed by atoms with E-state index in [1.54, 1.807) is 4.90 Å². The van der Waals surface area contributed by atoms with E-state index >= 15 is 0 Å². The molecule has 1 saturated heterocycles. The molecule has 0 saturated carbocycles. The van der Waals surface area contributed by atoms with Gasteiger partial charge in [0.05, 0.1) is 19.8 Å². The van der Waals surface area contributed by atoms with Crippen LogP contribution in [0.3, 0.4) is 0 Å². The normalized spacial score (nSPS) is 20.8. The van der Waals surface area contributed by atoms with Crippen molar-refractivity contribution in [2.75, 3.05) is 32.8 Å². The lowest BCUT2D eigenvalue weighted by molar-refractivity contribution is -0.907. The van der Waals surface area contributed by atoms with Crippen molar-refractivity contribution in [2.45, 2.75) is 6.42 Å². The fourth-order valence-electron chi connectivity index (χ4n) is 1.22. The first kappa shape index (κ1) is 7.76. The summed E-state index contributed by atoms with van der Waals surface area (Å²) < 4.78 is 5.23. The van der Waals surface area contributed by atoms with Gasteiger partial charge in [-0.3, -0.25) is 0 Å². The first-order valence-electron chi connectivity index (χ1n) is 3.95. The molecule has 10 heavy (non-hydrogen) atoms. The number of nitrogens with one attached hydrogen (secondary N) is 1. The van der Waals surface area contributed by atoms with E-state index in [1.165, 1.54) is 19.6 Å². The van der Waals surface area contributed by atoms with Gasteiger partial charge in [0.25, 0.3) is 0 Å². The van der Waals surface area contributed by atoms with Gasteiger partial charge in [0, 0.05) is 6.42 Å². The van der Waals surface area contributed by atoms with Gasteiger partial charge in [0.2, 0.25) is 0 Å². The minimum Gasteiger partial charge on any atom is -0.370 e. The number of rotatable bonds is 3. The van der Waals surface area contributed by atoms with Crippen molar-refractivity contribution < 1.29 is 9.64 Å². The molecule has 1 aliphatic rings. The predicted molar refractivity (Wildman–Crippen MR) is 41.2 cm³/mol. The maximum absolute atomic E-state index is 5.23. The Hall–Kier alpha value is -0.340. The molecule has 1 fully saturated rings. The van der Waals surface area contributed by atoms with E-state index in [-0.39, 0.29) is 0 Å². The molecule has 0 atom stereocenters. The van der Waals surface area contributed by atoms with Gasteiger partial charge < -0.3 is 9.64 Å². The van der Waals surface area contributed by atoms with Gasteiger partial charge in [-0.1, -0.05) is 6.08 Å². The van der Waals surface area contributed by atoms with Gasteiger partial charge in [0.15, 0.2) is 0 Å². The van der Waals surface area contributed by atoms with Crippen LogP contribution in [0.4, 0.5) is 0 Å². The van der Waals surface area contributed by atoms with Gasteiger partial charge in [-0.05, 0) is 0 Å². The van der Waals surface area contributed by atoms with Crippen molar-refractivity contribution in [3.63, 3.8) is 0 Å². The lowest BCUT2D eigenvalue weighted by atomic mass is 10.3.